The predicted octanol–water partition coefficient (Wildman–Crippen LogP) is 3.22. The molecular formula is C12H14N2S. The second-order valence-electron chi connectivity index (χ2n) is 4.03. The van der Waals surface area contributed by atoms with Gasteiger partial charge in [0, 0.05) is 7.05 Å². The van der Waals surface area contributed by atoms with Gasteiger partial charge >= 0.3 is 0 Å². The van der Waals surface area contributed by atoms with Gasteiger partial charge in [-0.1, -0.05) is 17.4 Å². The van der Waals surface area contributed by atoms with Crippen LogP contribution in [0.5, 0.6) is 0 Å². The maximum absolute atomic E-state index is 4.65. The van der Waals surface area contributed by atoms with Crippen molar-refractivity contribution in [2.45, 2.75) is 25.7 Å². The third kappa shape index (κ3) is 1.42. The van der Waals surface area contributed by atoms with Crippen molar-refractivity contribution in [2.24, 2.45) is 0 Å². The van der Waals surface area contributed by atoms with Gasteiger partial charge in [-0.15, -0.1) is 0 Å². The number of aromatic nitrogens is 1. The first kappa shape index (κ1) is 9.16. The molecule has 1 aliphatic rings. The number of nitrogens with one attached hydrogen (secondary N) is 1. The molecule has 1 aromatic carbocycles. The lowest BCUT2D eigenvalue weighted by Gasteiger charge is -2.15. The van der Waals surface area contributed by atoms with Gasteiger partial charge in [0.1, 0.15) is 0 Å². The van der Waals surface area contributed by atoms with Crippen LogP contribution in [-0.2, 0) is 12.8 Å². The second-order valence-corrected chi connectivity index (χ2v) is 5.06. The Hall–Kier alpha value is -1.09. The van der Waals surface area contributed by atoms with E-state index in [-0.39, 0.29) is 0 Å². The maximum Gasteiger partial charge on any atom is 0.183 e. The van der Waals surface area contributed by atoms with Crippen LogP contribution in [-0.4, -0.2) is 12.0 Å². The van der Waals surface area contributed by atoms with E-state index in [1.807, 2.05) is 7.05 Å². The highest BCUT2D eigenvalue weighted by molar-refractivity contribution is 7.22. The quantitative estimate of drug-likeness (QED) is 0.795. The molecule has 1 heterocycles. The normalized spacial score (nSPS) is 15.3. The lowest BCUT2D eigenvalue weighted by molar-refractivity contribution is 0.689. The van der Waals surface area contributed by atoms with Crippen LogP contribution in [0.4, 0.5) is 5.13 Å². The van der Waals surface area contributed by atoms with E-state index in [1.165, 1.54) is 47.0 Å². The van der Waals surface area contributed by atoms with Crippen LogP contribution in [0.15, 0.2) is 12.1 Å². The van der Waals surface area contributed by atoms with Crippen LogP contribution in [0.3, 0.4) is 0 Å². The van der Waals surface area contributed by atoms with E-state index in [1.54, 1.807) is 11.3 Å². The van der Waals surface area contributed by atoms with E-state index < -0.39 is 0 Å². The Bertz CT molecular complexity index is 502. The Morgan fingerprint density at radius 2 is 2.13 bits per heavy atom. The third-order valence-electron chi connectivity index (χ3n) is 3.10. The molecule has 2 nitrogen and oxygen atoms in total. The lowest BCUT2D eigenvalue weighted by Crippen LogP contribution is -2.02. The van der Waals surface area contributed by atoms with E-state index in [0.29, 0.717) is 0 Å². The van der Waals surface area contributed by atoms with Gasteiger partial charge in [-0.3, -0.25) is 0 Å². The molecule has 0 aliphatic heterocycles. The fourth-order valence-electron chi connectivity index (χ4n) is 2.33. The molecule has 3 heteroatoms. The van der Waals surface area contributed by atoms with Crippen molar-refractivity contribution in [1.29, 1.82) is 0 Å². The van der Waals surface area contributed by atoms with Gasteiger partial charge in [0.2, 0.25) is 0 Å². The SMILES string of the molecule is CNc1nc2c3c(ccc2s1)CCCC3. The molecular weight excluding hydrogens is 204 g/mol. The number of fused-ring (bicyclic) bond motifs is 3. The van der Waals surface area contributed by atoms with Crippen LogP contribution in [0.25, 0.3) is 10.2 Å². The fourth-order valence-corrected chi connectivity index (χ4v) is 3.18. The van der Waals surface area contributed by atoms with Crippen LogP contribution in [0.1, 0.15) is 24.0 Å². The van der Waals surface area contributed by atoms with Crippen molar-refractivity contribution in [3.05, 3.63) is 23.3 Å². The average Bonchev–Trinajstić information content (AvgIpc) is 2.72. The third-order valence-corrected chi connectivity index (χ3v) is 4.14. The number of rotatable bonds is 1. The van der Waals surface area contributed by atoms with Crippen LogP contribution < -0.4 is 5.32 Å². The molecule has 15 heavy (non-hydrogen) atoms. The summed E-state index contributed by atoms with van der Waals surface area (Å²) in [5, 5.41) is 4.16. The number of nitrogens with zero attached hydrogens (tertiary/aromatic N) is 1. The molecule has 1 aliphatic carbocycles. The summed E-state index contributed by atoms with van der Waals surface area (Å²) in [4.78, 5) is 4.65. The van der Waals surface area contributed by atoms with Crippen LogP contribution >= 0.6 is 11.3 Å². The second kappa shape index (κ2) is 3.49. The van der Waals surface area contributed by atoms with Crippen molar-refractivity contribution in [3.8, 4) is 0 Å². The largest absolute Gasteiger partial charge is 0.365 e. The first-order chi connectivity index (χ1) is 7.38. The standard InChI is InChI=1S/C12H14N2S/c1-13-12-14-11-9-5-3-2-4-8(9)6-7-10(11)15-12/h6-7H,2-5H2,1H3,(H,13,14). The Balaban J connectivity index is 2.25. The van der Waals surface area contributed by atoms with E-state index in [4.69, 9.17) is 0 Å². The molecule has 0 fully saturated rings. The van der Waals surface area contributed by atoms with E-state index in [2.05, 4.69) is 22.4 Å². The molecule has 0 atom stereocenters. The summed E-state index contributed by atoms with van der Waals surface area (Å²) in [6.07, 6.45) is 5.09. The van der Waals surface area contributed by atoms with Gasteiger partial charge in [-0.25, -0.2) is 4.98 Å². The van der Waals surface area contributed by atoms with Gasteiger partial charge in [0.15, 0.2) is 5.13 Å². The maximum atomic E-state index is 4.65. The summed E-state index contributed by atoms with van der Waals surface area (Å²) in [5.41, 5.74) is 4.25. The summed E-state index contributed by atoms with van der Waals surface area (Å²) in [6.45, 7) is 0. The zero-order chi connectivity index (χ0) is 10.3. The molecule has 1 N–H and O–H groups in total. The van der Waals surface area contributed by atoms with Crippen molar-refractivity contribution in [2.75, 3.05) is 12.4 Å². The highest BCUT2D eigenvalue weighted by atomic mass is 32.1. The molecule has 0 radical (unpaired) electrons. The fraction of sp³-hybridized carbons (Fsp3) is 0.417. The predicted molar refractivity (Wildman–Crippen MR) is 65.8 cm³/mol. The van der Waals surface area contributed by atoms with Gasteiger partial charge in [-0.2, -0.15) is 0 Å². The minimum Gasteiger partial charge on any atom is -0.365 e. The number of hydrogen-bond acceptors (Lipinski definition) is 3. The lowest BCUT2D eigenvalue weighted by atomic mass is 9.91. The minimum atomic E-state index is 1.03. The van der Waals surface area contributed by atoms with Gasteiger partial charge < -0.3 is 5.32 Å². The Labute approximate surface area is 93.3 Å². The first-order valence-corrected chi connectivity index (χ1v) is 6.29. The Kier molecular flexibility index (Phi) is 2.13. The highest BCUT2D eigenvalue weighted by Gasteiger charge is 2.14. The number of benzene rings is 1. The summed E-state index contributed by atoms with van der Waals surface area (Å²) in [5.74, 6) is 0. The van der Waals surface area contributed by atoms with Gasteiger partial charge in [0.25, 0.3) is 0 Å². The van der Waals surface area contributed by atoms with Crippen molar-refractivity contribution in [3.63, 3.8) is 0 Å². The molecule has 0 spiro atoms. The molecule has 3 rings (SSSR count). The summed E-state index contributed by atoms with van der Waals surface area (Å²) >= 11 is 1.75. The molecule has 0 amide bonds. The zero-order valence-electron chi connectivity index (χ0n) is 8.84. The van der Waals surface area contributed by atoms with Gasteiger partial charge in [0.05, 0.1) is 10.2 Å². The average molecular weight is 218 g/mol. The Morgan fingerprint density at radius 3 is 3.00 bits per heavy atom. The van der Waals surface area contributed by atoms with E-state index >= 15 is 0 Å². The zero-order valence-corrected chi connectivity index (χ0v) is 9.66. The van der Waals surface area contributed by atoms with Crippen molar-refractivity contribution in [1.82, 2.24) is 4.98 Å². The molecule has 0 saturated heterocycles. The number of thiazole rings is 1. The minimum absolute atomic E-state index is 1.03. The van der Waals surface area contributed by atoms with Crippen LogP contribution in [0, 0.1) is 0 Å². The number of aryl methyl sites for hydroxylation is 2. The smallest absolute Gasteiger partial charge is 0.183 e. The molecule has 1 aromatic heterocycles. The Morgan fingerprint density at radius 1 is 1.27 bits per heavy atom. The topological polar surface area (TPSA) is 24.9 Å². The molecule has 0 saturated carbocycles. The molecule has 2 aromatic rings. The number of hydrogen-bond donors (Lipinski definition) is 1. The molecule has 78 valence electrons. The summed E-state index contributed by atoms with van der Waals surface area (Å²) in [6, 6.07) is 4.51. The highest BCUT2D eigenvalue weighted by Crippen LogP contribution is 2.33. The molecule has 0 bridgehead atoms. The van der Waals surface area contributed by atoms with E-state index in [9.17, 15) is 0 Å². The summed E-state index contributed by atoms with van der Waals surface area (Å²) < 4.78 is 1.32. The molecule has 0 unspecified atom stereocenters. The monoisotopic (exact) mass is 218 g/mol. The first-order valence-electron chi connectivity index (χ1n) is 5.47. The van der Waals surface area contributed by atoms with Crippen molar-refractivity contribution < 1.29 is 0 Å². The van der Waals surface area contributed by atoms with Crippen LogP contribution in [0.2, 0.25) is 0 Å². The van der Waals surface area contributed by atoms with E-state index in [0.717, 1.165) is 5.13 Å². The number of anilines is 1. The van der Waals surface area contributed by atoms with Crippen molar-refractivity contribution >= 4 is 26.7 Å². The summed E-state index contributed by atoms with van der Waals surface area (Å²) in [7, 11) is 1.93. The van der Waals surface area contributed by atoms with Gasteiger partial charge in [-0.05, 0) is 42.9 Å².